The molecule has 1 rings (SSSR count). The quantitative estimate of drug-likeness (QED) is 0.735. The minimum Gasteiger partial charge on any atom is -0.391 e. The van der Waals surface area contributed by atoms with Crippen molar-refractivity contribution in [3.8, 4) is 6.07 Å². The van der Waals surface area contributed by atoms with Crippen molar-refractivity contribution >= 4 is 10.0 Å². The fourth-order valence-corrected chi connectivity index (χ4v) is 3.54. The van der Waals surface area contributed by atoms with Gasteiger partial charge in [0.1, 0.15) is 0 Å². The topological polar surface area (TPSA) is 90.2 Å². The van der Waals surface area contributed by atoms with Gasteiger partial charge in [-0.25, -0.2) is 13.1 Å². The molecular weight excluding hydrogens is 240 g/mol. The molecule has 0 spiro atoms. The number of sulfonamides is 1. The van der Waals surface area contributed by atoms with Gasteiger partial charge in [-0.1, -0.05) is 26.2 Å². The first-order valence-electron chi connectivity index (χ1n) is 6.10. The summed E-state index contributed by atoms with van der Waals surface area (Å²) < 4.78 is 26.2. The van der Waals surface area contributed by atoms with Crippen molar-refractivity contribution in [1.82, 2.24) is 4.72 Å². The van der Waals surface area contributed by atoms with Crippen molar-refractivity contribution in [1.29, 1.82) is 5.26 Å². The number of nitriles is 1. The van der Waals surface area contributed by atoms with E-state index >= 15 is 0 Å². The average Bonchev–Trinajstić information content (AvgIpc) is 2.45. The molecule has 98 valence electrons. The number of rotatable bonds is 4. The molecule has 1 aliphatic carbocycles. The molecule has 17 heavy (non-hydrogen) atoms. The van der Waals surface area contributed by atoms with E-state index in [1.807, 2.05) is 0 Å². The third-order valence-electron chi connectivity index (χ3n) is 3.18. The largest absolute Gasteiger partial charge is 0.391 e. The molecule has 0 aliphatic heterocycles. The summed E-state index contributed by atoms with van der Waals surface area (Å²) >= 11 is 0. The van der Waals surface area contributed by atoms with Gasteiger partial charge in [0.15, 0.2) is 5.25 Å². The summed E-state index contributed by atoms with van der Waals surface area (Å²) in [7, 11) is -3.64. The maximum absolute atomic E-state index is 11.9. The van der Waals surface area contributed by atoms with Gasteiger partial charge in [-0.15, -0.1) is 0 Å². The van der Waals surface area contributed by atoms with Gasteiger partial charge in [-0.2, -0.15) is 5.26 Å². The molecule has 0 aromatic carbocycles. The number of hydrogen-bond acceptors (Lipinski definition) is 4. The highest BCUT2D eigenvalue weighted by Crippen LogP contribution is 2.19. The van der Waals surface area contributed by atoms with Crippen LogP contribution >= 0.6 is 0 Å². The first-order valence-corrected chi connectivity index (χ1v) is 7.64. The van der Waals surface area contributed by atoms with Crippen LogP contribution < -0.4 is 4.72 Å². The number of aliphatic hydroxyl groups is 1. The van der Waals surface area contributed by atoms with Crippen molar-refractivity contribution in [2.75, 3.05) is 0 Å². The van der Waals surface area contributed by atoms with Crippen LogP contribution in [0.5, 0.6) is 0 Å². The Morgan fingerprint density at radius 1 is 1.41 bits per heavy atom. The molecule has 0 heterocycles. The van der Waals surface area contributed by atoms with Gasteiger partial charge in [0.05, 0.1) is 12.2 Å². The summed E-state index contributed by atoms with van der Waals surface area (Å²) in [5.74, 6) is 0. The Kier molecular flexibility index (Phi) is 5.37. The Morgan fingerprint density at radius 3 is 2.65 bits per heavy atom. The maximum Gasteiger partial charge on any atom is 0.228 e. The van der Waals surface area contributed by atoms with E-state index < -0.39 is 27.4 Å². The lowest BCUT2D eigenvalue weighted by Crippen LogP contribution is -2.46. The standard InChI is InChI=1S/C11H20N2O3S/c1-2-9(8-12)17(15,16)13-10-6-4-3-5-7-11(10)14/h9-11,13-14H,2-7H2,1H3. The molecule has 2 N–H and O–H groups in total. The molecule has 1 saturated carbocycles. The predicted molar refractivity (Wildman–Crippen MR) is 64.6 cm³/mol. The molecule has 1 fully saturated rings. The summed E-state index contributed by atoms with van der Waals surface area (Å²) in [5, 5.41) is 17.6. The van der Waals surface area contributed by atoms with E-state index in [0.717, 1.165) is 19.3 Å². The number of nitrogens with one attached hydrogen (secondary N) is 1. The molecule has 1 aliphatic rings. The highest BCUT2D eigenvalue weighted by atomic mass is 32.2. The summed E-state index contributed by atoms with van der Waals surface area (Å²) in [4.78, 5) is 0. The average molecular weight is 260 g/mol. The van der Waals surface area contributed by atoms with Crippen molar-refractivity contribution in [3.63, 3.8) is 0 Å². The molecule has 0 radical (unpaired) electrons. The van der Waals surface area contributed by atoms with Crippen molar-refractivity contribution in [2.45, 2.75) is 62.8 Å². The molecule has 0 aromatic heterocycles. The van der Waals surface area contributed by atoms with E-state index in [2.05, 4.69) is 4.72 Å². The highest BCUT2D eigenvalue weighted by Gasteiger charge is 2.30. The number of nitrogens with zero attached hydrogens (tertiary/aromatic N) is 1. The molecule has 0 saturated heterocycles. The van der Waals surface area contributed by atoms with Crippen LogP contribution in [0.4, 0.5) is 0 Å². The Labute approximate surface area is 103 Å². The monoisotopic (exact) mass is 260 g/mol. The normalized spacial score (nSPS) is 28.1. The third-order valence-corrected chi connectivity index (χ3v) is 5.00. The third kappa shape index (κ3) is 3.95. The van der Waals surface area contributed by atoms with Crippen LogP contribution in [-0.2, 0) is 10.0 Å². The van der Waals surface area contributed by atoms with E-state index in [-0.39, 0.29) is 6.42 Å². The molecule has 0 amide bonds. The second-order valence-corrected chi connectivity index (χ2v) is 6.40. The van der Waals surface area contributed by atoms with Crippen LogP contribution in [0.15, 0.2) is 0 Å². The summed E-state index contributed by atoms with van der Waals surface area (Å²) in [6.07, 6.45) is 3.74. The van der Waals surface area contributed by atoms with E-state index in [0.29, 0.717) is 12.8 Å². The van der Waals surface area contributed by atoms with Gasteiger partial charge in [0, 0.05) is 6.04 Å². The zero-order valence-electron chi connectivity index (χ0n) is 10.1. The molecular formula is C11H20N2O3S. The van der Waals surface area contributed by atoms with Gasteiger partial charge in [0.2, 0.25) is 10.0 Å². The molecule has 0 aromatic rings. The van der Waals surface area contributed by atoms with E-state index in [1.165, 1.54) is 0 Å². The minimum atomic E-state index is -3.64. The second-order valence-electron chi connectivity index (χ2n) is 4.50. The van der Waals surface area contributed by atoms with E-state index in [4.69, 9.17) is 5.26 Å². The lowest BCUT2D eigenvalue weighted by atomic mass is 10.1. The van der Waals surface area contributed by atoms with Gasteiger partial charge < -0.3 is 5.11 Å². The number of hydrogen-bond donors (Lipinski definition) is 2. The van der Waals surface area contributed by atoms with Crippen LogP contribution in [0.3, 0.4) is 0 Å². The Balaban J connectivity index is 2.72. The molecule has 6 heteroatoms. The van der Waals surface area contributed by atoms with Gasteiger partial charge in [-0.05, 0) is 19.3 Å². The summed E-state index contributed by atoms with van der Waals surface area (Å²) in [6, 6.07) is 1.34. The fourth-order valence-electron chi connectivity index (χ4n) is 2.10. The fraction of sp³-hybridized carbons (Fsp3) is 0.909. The predicted octanol–water partition coefficient (Wildman–Crippen LogP) is 0.902. The van der Waals surface area contributed by atoms with E-state index in [9.17, 15) is 13.5 Å². The van der Waals surface area contributed by atoms with Crippen LogP contribution in [0.2, 0.25) is 0 Å². The Hall–Kier alpha value is -0.640. The maximum atomic E-state index is 11.9. The van der Waals surface area contributed by atoms with Crippen molar-refractivity contribution < 1.29 is 13.5 Å². The molecule has 3 atom stereocenters. The number of aliphatic hydroxyl groups excluding tert-OH is 1. The van der Waals surface area contributed by atoms with Gasteiger partial charge in [0.25, 0.3) is 0 Å². The van der Waals surface area contributed by atoms with Crippen molar-refractivity contribution in [3.05, 3.63) is 0 Å². The molecule has 3 unspecified atom stereocenters. The first-order chi connectivity index (χ1) is 8.01. The SMILES string of the molecule is CCC(C#N)S(=O)(=O)NC1CCCCCC1O. The van der Waals surface area contributed by atoms with Gasteiger partial charge in [-0.3, -0.25) is 0 Å². The van der Waals surface area contributed by atoms with Gasteiger partial charge >= 0.3 is 0 Å². The van der Waals surface area contributed by atoms with Crippen molar-refractivity contribution in [2.24, 2.45) is 0 Å². The summed E-state index contributed by atoms with van der Waals surface area (Å²) in [6.45, 7) is 1.66. The lowest BCUT2D eigenvalue weighted by Gasteiger charge is -2.22. The van der Waals surface area contributed by atoms with Crippen LogP contribution in [0, 0.1) is 11.3 Å². The molecule has 0 bridgehead atoms. The highest BCUT2D eigenvalue weighted by molar-refractivity contribution is 7.90. The summed E-state index contributed by atoms with van der Waals surface area (Å²) in [5.41, 5.74) is 0. The van der Waals surface area contributed by atoms with Crippen LogP contribution in [0.1, 0.15) is 45.4 Å². The second kappa shape index (κ2) is 6.34. The van der Waals surface area contributed by atoms with E-state index in [1.54, 1.807) is 13.0 Å². The zero-order valence-corrected chi connectivity index (χ0v) is 10.9. The first kappa shape index (κ1) is 14.4. The molecule has 5 nitrogen and oxygen atoms in total. The minimum absolute atomic E-state index is 0.259. The Morgan fingerprint density at radius 2 is 2.06 bits per heavy atom. The Bertz CT molecular complexity index is 375. The smallest absolute Gasteiger partial charge is 0.228 e. The van der Waals surface area contributed by atoms with Crippen LogP contribution in [-0.4, -0.2) is 30.9 Å². The van der Waals surface area contributed by atoms with Crippen LogP contribution in [0.25, 0.3) is 0 Å². The lowest BCUT2D eigenvalue weighted by molar-refractivity contribution is 0.130. The zero-order chi connectivity index (χ0) is 12.9.